The van der Waals surface area contributed by atoms with Crippen LogP contribution in [0.3, 0.4) is 0 Å². The van der Waals surface area contributed by atoms with Crippen LogP contribution in [0.25, 0.3) is 5.76 Å². The summed E-state index contributed by atoms with van der Waals surface area (Å²) in [6.07, 6.45) is 2.75. The quantitative estimate of drug-likeness (QED) is 0.732. The van der Waals surface area contributed by atoms with Gasteiger partial charge in [-0.05, 0) is 30.5 Å². The Morgan fingerprint density at radius 2 is 1.63 bits per heavy atom. The number of ketones is 1. The van der Waals surface area contributed by atoms with E-state index in [0.29, 0.717) is 24.1 Å². The summed E-state index contributed by atoms with van der Waals surface area (Å²) >= 11 is 0. The second-order valence-electron chi connectivity index (χ2n) is 7.72. The number of nitrogens with one attached hydrogen (secondary N) is 1. The van der Waals surface area contributed by atoms with Crippen molar-refractivity contribution in [1.82, 2.24) is 0 Å². The number of benzene rings is 2. The highest BCUT2D eigenvalue weighted by Gasteiger charge is 2.48. The van der Waals surface area contributed by atoms with E-state index >= 15 is 0 Å². The molecule has 1 aliphatic carbocycles. The zero-order valence-electron chi connectivity index (χ0n) is 17.0. The van der Waals surface area contributed by atoms with Gasteiger partial charge in [0.1, 0.15) is 16.2 Å². The maximum Gasteiger partial charge on any atom is 0.286 e. The summed E-state index contributed by atoms with van der Waals surface area (Å²) in [5.74, 6) is -0.648. The van der Waals surface area contributed by atoms with E-state index in [0.717, 1.165) is 18.4 Å². The van der Waals surface area contributed by atoms with Crippen LogP contribution < -0.4 is 5.32 Å². The van der Waals surface area contributed by atoms with Crippen LogP contribution in [0.4, 0.5) is 5.69 Å². The van der Waals surface area contributed by atoms with Crippen LogP contribution in [0.2, 0.25) is 0 Å². The van der Waals surface area contributed by atoms with Crippen molar-refractivity contribution in [2.45, 2.75) is 49.8 Å². The van der Waals surface area contributed by atoms with Crippen LogP contribution in [-0.4, -0.2) is 25.1 Å². The van der Waals surface area contributed by atoms with Crippen molar-refractivity contribution in [2.75, 3.05) is 5.32 Å². The van der Waals surface area contributed by atoms with Crippen LogP contribution in [0.15, 0.2) is 63.4 Å². The van der Waals surface area contributed by atoms with Gasteiger partial charge in [-0.3, -0.25) is 4.79 Å². The van der Waals surface area contributed by atoms with Gasteiger partial charge in [-0.15, -0.1) is 4.40 Å². The molecule has 156 valence electrons. The predicted octanol–water partition coefficient (Wildman–Crippen LogP) is 4.59. The van der Waals surface area contributed by atoms with Crippen molar-refractivity contribution in [3.05, 3.63) is 65.2 Å². The molecule has 7 heteroatoms. The summed E-state index contributed by atoms with van der Waals surface area (Å²) < 4.78 is 29.4. The molecule has 6 nitrogen and oxygen atoms in total. The number of carbonyl (C=O) groups excluding carboxylic acids is 1. The molecule has 0 bridgehead atoms. The van der Waals surface area contributed by atoms with Gasteiger partial charge >= 0.3 is 0 Å². The van der Waals surface area contributed by atoms with Crippen LogP contribution in [-0.2, 0) is 20.2 Å². The van der Waals surface area contributed by atoms with Crippen LogP contribution >= 0.6 is 0 Å². The van der Waals surface area contributed by atoms with Crippen molar-refractivity contribution in [3.8, 4) is 0 Å². The lowest BCUT2D eigenvalue weighted by Gasteiger charge is -2.39. The highest BCUT2D eigenvalue weighted by atomic mass is 32.2. The Hall–Kier alpha value is -2.93. The van der Waals surface area contributed by atoms with Gasteiger partial charge < -0.3 is 10.4 Å². The number of hydrogen-bond donors (Lipinski definition) is 2. The number of nitrogens with zero attached hydrogens (tertiary/aromatic N) is 1. The highest BCUT2D eigenvalue weighted by molar-refractivity contribution is 7.90. The number of fused-ring (bicyclic) bond motifs is 2. The predicted molar refractivity (Wildman–Crippen MR) is 117 cm³/mol. The molecule has 2 aromatic carbocycles. The van der Waals surface area contributed by atoms with Crippen molar-refractivity contribution >= 4 is 33.1 Å². The molecule has 2 aliphatic rings. The van der Waals surface area contributed by atoms with Gasteiger partial charge in [0.05, 0.1) is 11.1 Å². The number of aliphatic hydroxyl groups excluding tert-OH is 1. The Kier molecular flexibility index (Phi) is 5.02. The van der Waals surface area contributed by atoms with Gasteiger partial charge in [0.15, 0.2) is 11.6 Å². The second kappa shape index (κ2) is 7.40. The average molecular weight is 425 g/mol. The van der Waals surface area contributed by atoms with Crippen LogP contribution in [0.1, 0.15) is 50.7 Å². The molecule has 0 aromatic heterocycles. The minimum atomic E-state index is -4.00. The molecule has 30 heavy (non-hydrogen) atoms. The second-order valence-corrected chi connectivity index (χ2v) is 9.29. The Morgan fingerprint density at radius 1 is 1.00 bits per heavy atom. The molecular formula is C23H24N2O4S. The molecular weight excluding hydrogens is 400 g/mol. The highest BCUT2D eigenvalue weighted by Crippen LogP contribution is 2.46. The van der Waals surface area contributed by atoms with E-state index in [1.807, 2.05) is 26.0 Å². The standard InChI is InChI=1S/C23H24N2O4S/c1-3-13-23(14-4-2)16-10-6-5-9-15(16)20(26)19(21(23)27)22-24-17-11-7-8-12-18(17)30(28,29)25-22/h5-12,26H,3-4,13-14H2,1-2H3,(H,24,25). The molecule has 1 aliphatic heterocycles. The fraction of sp³-hybridized carbons (Fsp3) is 0.304. The first-order valence-electron chi connectivity index (χ1n) is 10.1. The van der Waals surface area contributed by atoms with Crippen molar-refractivity contribution in [1.29, 1.82) is 0 Å². The van der Waals surface area contributed by atoms with E-state index in [9.17, 15) is 18.3 Å². The van der Waals surface area contributed by atoms with Gasteiger partial charge in [-0.1, -0.05) is 63.1 Å². The van der Waals surface area contributed by atoms with Crippen LogP contribution in [0.5, 0.6) is 0 Å². The Balaban J connectivity index is 1.97. The largest absolute Gasteiger partial charge is 0.506 e. The number of sulfonamides is 1. The van der Waals surface area contributed by atoms with E-state index in [1.54, 1.807) is 30.3 Å². The molecule has 2 aromatic rings. The molecule has 0 spiro atoms. The summed E-state index contributed by atoms with van der Waals surface area (Å²) in [6, 6.07) is 13.7. The number of carbonyl (C=O) groups is 1. The number of aliphatic hydroxyl groups is 1. The van der Waals surface area contributed by atoms with Gasteiger partial charge in [-0.25, -0.2) is 0 Å². The maximum atomic E-state index is 13.9. The Morgan fingerprint density at radius 3 is 2.33 bits per heavy atom. The topological polar surface area (TPSA) is 95.8 Å². The summed E-state index contributed by atoms with van der Waals surface area (Å²) in [7, 11) is -4.00. The molecule has 0 saturated heterocycles. The molecule has 0 atom stereocenters. The van der Waals surface area contributed by atoms with E-state index < -0.39 is 15.4 Å². The first kappa shape index (κ1) is 20.3. The summed E-state index contributed by atoms with van der Waals surface area (Å²) in [6.45, 7) is 4.03. The zero-order chi connectivity index (χ0) is 21.5. The lowest BCUT2D eigenvalue weighted by molar-refractivity contribution is -0.121. The van der Waals surface area contributed by atoms with Crippen molar-refractivity contribution in [3.63, 3.8) is 0 Å². The number of rotatable bonds is 5. The Labute approximate surface area is 176 Å². The molecule has 2 N–H and O–H groups in total. The van der Waals surface area contributed by atoms with Crippen molar-refractivity contribution in [2.24, 2.45) is 4.40 Å². The summed E-state index contributed by atoms with van der Waals surface area (Å²) in [5.41, 5.74) is 0.793. The SMILES string of the molecule is CCCC1(CCC)C(=O)C(C2=NS(=O)(=O)c3ccccc3N2)=C(O)c2ccccc21. The molecule has 0 saturated carbocycles. The minimum absolute atomic E-state index is 0.0471. The third-order valence-corrected chi connectivity index (χ3v) is 7.15. The Bertz CT molecular complexity index is 1190. The first-order chi connectivity index (χ1) is 14.4. The fourth-order valence-electron chi connectivity index (χ4n) is 4.63. The molecule has 4 rings (SSSR count). The molecule has 0 fully saturated rings. The van der Waals surface area contributed by atoms with Crippen LogP contribution in [0, 0.1) is 0 Å². The lowest BCUT2D eigenvalue weighted by Crippen LogP contribution is -2.44. The summed E-state index contributed by atoms with van der Waals surface area (Å²) in [4.78, 5) is 13.9. The molecule has 0 unspecified atom stereocenters. The van der Waals surface area contributed by atoms with E-state index in [1.165, 1.54) is 6.07 Å². The number of hydrogen-bond acceptors (Lipinski definition) is 5. The monoisotopic (exact) mass is 424 g/mol. The van der Waals surface area contributed by atoms with Gasteiger partial charge in [0, 0.05) is 5.56 Å². The van der Waals surface area contributed by atoms with Gasteiger partial charge in [-0.2, -0.15) is 8.42 Å². The third-order valence-electron chi connectivity index (χ3n) is 5.82. The maximum absolute atomic E-state index is 13.9. The number of anilines is 1. The van der Waals surface area contributed by atoms with E-state index in [2.05, 4.69) is 9.71 Å². The number of Topliss-reactive ketones (excluding diaryl/α,β-unsaturated/α-hetero) is 1. The average Bonchev–Trinajstić information content (AvgIpc) is 2.72. The van der Waals surface area contributed by atoms with Gasteiger partial charge in [0.2, 0.25) is 0 Å². The third kappa shape index (κ3) is 2.96. The summed E-state index contributed by atoms with van der Waals surface area (Å²) in [5, 5.41) is 14.0. The minimum Gasteiger partial charge on any atom is -0.506 e. The first-order valence-corrected chi connectivity index (χ1v) is 11.6. The molecule has 0 radical (unpaired) electrons. The number of amidine groups is 1. The van der Waals surface area contributed by atoms with E-state index in [4.69, 9.17) is 0 Å². The fourth-order valence-corrected chi connectivity index (χ4v) is 5.75. The van der Waals surface area contributed by atoms with E-state index in [-0.39, 0.29) is 27.8 Å². The zero-order valence-corrected chi connectivity index (χ0v) is 17.8. The molecule has 1 heterocycles. The molecule has 0 amide bonds. The smallest absolute Gasteiger partial charge is 0.286 e. The normalized spacial score (nSPS) is 18.9. The lowest BCUT2D eigenvalue weighted by atomic mass is 9.63. The van der Waals surface area contributed by atoms with Crippen molar-refractivity contribution < 1.29 is 18.3 Å². The number of para-hydroxylation sites is 1. The van der Waals surface area contributed by atoms with Gasteiger partial charge in [0.25, 0.3) is 10.0 Å².